The Labute approximate surface area is 132 Å². The van der Waals surface area contributed by atoms with Gasteiger partial charge in [-0.15, -0.1) is 0 Å². The topological polar surface area (TPSA) is 105 Å². The zero-order valence-electron chi connectivity index (χ0n) is 12.7. The summed E-state index contributed by atoms with van der Waals surface area (Å²) in [7, 11) is 1.32. The molecule has 0 heterocycles. The van der Waals surface area contributed by atoms with Gasteiger partial charge in [-0.2, -0.15) is 0 Å². The third-order valence-corrected chi connectivity index (χ3v) is 2.56. The predicted octanol–water partition coefficient (Wildman–Crippen LogP) is 1.08. The quantitative estimate of drug-likeness (QED) is 0.303. The maximum Gasteiger partial charge on any atom is 0.341 e. The molecule has 0 bridgehead atoms. The summed E-state index contributed by atoms with van der Waals surface area (Å²) < 4.78 is 18.3. The molecule has 1 rings (SSSR count). The van der Waals surface area contributed by atoms with Gasteiger partial charge in [-0.25, -0.2) is 4.79 Å². The standard InChI is InChI=1S/C15H16O8/c1-10(16)11-5-3-4-6-12(11)15(19)23-9-22-14(18)7-13(17)21-8-20-2/h3-6H,7-9H2,1-2H3. The van der Waals surface area contributed by atoms with Gasteiger partial charge in [0.05, 0.1) is 5.56 Å². The first kappa shape index (κ1) is 18.3. The highest BCUT2D eigenvalue weighted by molar-refractivity contribution is 6.05. The van der Waals surface area contributed by atoms with Crippen LogP contribution in [-0.2, 0) is 28.5 Å². The molecule has 0 amide bonds. The molecule has 0 atom stereocenters. The number of hydrogen-bond donors (Lipinski definition) is 0. The number of methoxy groups -OCH3 is 1. The molecule has 1 aromatic rings. The SMILES string of the molecule is COCOC(=O)CC(=O)OCOC(=O)c1ccccc1C(C)=O. The Hall–Kier alpha value is -2.74. The number of rotatable bonds is 8. The van der Waals surface area contributed by atoms with Gasteiger partial charge in [-0.1, -0.05) is 18.2 Å². The van der Waals surface area contributed by atoms with Gasteiger partial charge in [0.2, 0.25) is 6.79 Å². The Morgan fingerprint density at radius 2 is 1.43 bits per heavy atom. The van der Waals surface area contributed by atoms with Gasteiger partial charge in [0, 0.05) is 12.7 Å². The number of Topliss-reactive ketones (excluding diaryl/α,β-unsaturated/α-hetero) is 1. The molecule has 0 fully saturated rings. The van der Waals surface area contributed by atoms with Crippen molar-refractivity contribution in [3.05, 3.63) is 35.4 Å². The van der Waals surface area contributed by atoms with E-state index in [2.05, 4.69) is 14.2 Å². The van der Waals surface area contributed by atoms with Crippen molar-refractivity contribution in [2.45, 2.75) is 13.3 Å². The molecule has 8 nitrogen and oxygen atoms in total. The Bertz CT molecular complexity index is 593. The second-order valence-electron chi connectivity index (χ2n) is 4.27. The molecule has 23 heavy (non-hydrogen) atoms. The van der Waals surface area contributed by atoms with Crippen LogP contribution in [0.4, 0.5) is 0 Å². The van der Waals surface area contributed by atoms with Gasteiger partial charge in [0.1, 0.15) is 6.42 Å². The summed E-state index contributed by atoms with van der Waals surface area (Å²) in [5, 5.41) is 0. The van der Waals surface area contributed by atoms with Gasteiger partial charge in [-0.05, 0) is 13.0 Å². The Kier molecular flexibility index (Phi) is 7.41. The summed E-state index contributed by atoms with van der Waals surface area (Å²) in [5.74, 6) is -2.86. The number of benzene rings is 1. The van der Waals surface area contributed by atoms with Crippen molar-refractivity contribution in [1.82, 2.24) is 0 Å². The first-order valence-electron chi connectivity index (χ1n) is 6.53. The smallest absolute Gasteiger partial charge is 0.341 e. The lowest BCUT2D eigenvalue weighted by atomic mass is 10.0. The highest BCUT2D eigenvalue weighted by Crippen LogP contribution is 2.11. The van der Waals surface area contributed by atoms with Crippen LogP contribution in [-0.4, -0.2) is 44.4 Å². The van der Waals surface area contributed by atoms with E-state index in [-0.39, 0.29) is 23.7 Å². The third-order valence-electron chi connectivity index (χ3n) is 2.56. The summed E-state index contributed by atoms with van der Waals surface area (Å²) in [6, 6.07) is 6.08. The molecule has 0 radical (unpaired) electrons. The van der Waals surface area contributed by atoms with Crippen LogP contribution >= 0.6 is 0 Å². The third kappa shape index (κ3) is 6.27. The van der Waals surface area contributed by atoms with Gasteiger partial charge in [0.25, 0.3) is 0 Å². The molecule has 0 saturated heterocycles. The minimum atomic E-state index is -0.918. The molecular weight excluding hydrogens is 308 g/mol. The molecule has 0 aliphatic heterocycles. The summed E-state index contributed by atoms with van der Waals surface area (Å²) in [5.41, 5.74) is 0.266. The van der Waals surface area contributed by atoms with Gasteiger partial charge >= 0.3 is 17.9 Å². The Balaban J connectivity index is 2.44. The molecular formula is C15H16O8. The average Bonchev–Trinajstić information content (AvgIpc) is 2.52. The first-order valence-corrected chi connectivity index (χ1v) is 6.53. The van der Waals surface area contributed by atoms with E-state index in [1.165, 1.54) is 26.2 Å². The van der Waals surface area contributed by atoms with Crippen LogP contribution in [0.1, 0.15) is 34.1 Å². The minimum Gasteiger partial charge on any atom is -0.438 e. The van der Waals surface area contributed by atoms with E-state index in [0.717, 1.165) is 0 Å². The fourth-order valence-electron chi connectivity index (χ4n) is 1.54. The highest BCUT2D eigenvalue weighted by atomic mass is 16.7. The van der Waals surface area contributed by atoms with Crippen LogP contribution in [0.25, 0.3) is 0 Å². The highest BCUT2D eigenvalue weighted by Gasteiger charge is 2.16. The van der Waals surface area contributed by atoms with E-state index in [4.69, 9.17) is 4.74 Å². The first-order chi connectivity index (χ1) is 11.0. The molecule has 0 aliphatic carbocycles. The number of esters is 3. The molecule has 8 heteroatoms. The zero-order chi connectivity index (χ0) is 17.2. The number of ketones is 1. The average molecular weight is 324 g/mol. The monoisotopic (exact) mass is 324 g/mol. The van der Waals surface area contributed by atoms with Crippen molar-refractivity contribution in [2.24, 2.45) is 0 Å². The lowest BCUT2D eigenvalue weighted by Gasteiger charge is -2.08. The normalized spacial score (nSPS) is 9.83. The predicted molar refractivity (Wildman–Crippen MR) is 75.4 cm³/mol. The van der Waals surface area contributed by atoms with Gasteiger partial charge < -0.3 is 18.9 Å². The summed E-state index contributed by atoms with van der Waals surface area (Å²) in [6.45, 7) is 0.363. The lowest BCUT2D eigenvalue weighted by Crippen LogP contribution is -2.18. The van der Waals surface area contributed by atoms with Crippen molar-refractivity contribution in [1.29, 1.82) is 0 Å². The van der Waals surface area contributed by atoms with Crippen molar-refractivity contribution < 1.29 is 38.1 Å². The van der Waals surface area contributed by atoms with E-state index in [9.17, 15) is 19.2 Å². The van der Waals surface area contributed by atoms with Crippen LogP contribution in [0, 0.1) is 0 Å². The number of carbonyl (C=O) groups excluding carboxylic acids is 4. The van der Waals surface area contributed by atoms with E-state index < -0.39 is 31.1 Å². The van der Waals surface area contributed by atoms with E-state index in [1.807, 2.05) is 0 Å². The Morgan fingerprint density at radius 3 is 2.00 bits per heavy atom. The van der Waals surface area contributed by atoms with Gasteiger partial charge in [0.15, 0.2) is 12.6 Å². The minimum absolute atomic E-state index is 0.0653. The number of carbonyl (C=O) groups is 4. The van der Waals surface area contributed by atoms with Crippen LogP contribution < -0.4 is 0 Å². The second kappa shape index (κ2) is 9.31. The largest absolute Gasteiger partial charge is 0.438 e. The fraction of sp³-hybridized carbons (Fsp3) is 0.333. The zero-order valence-corrected chi connectivity index (χ0v) is 12.7. The maximum absolute atomic E-state index is 11.8. The summed E-state index contributed by atoms with van der Waals surface area (Å²) in [4.78, 5) is 45.6. The van der Waals surface area contributed by atoms with Crippen LogP contribution in [0.2, 0.25) is 0 Å². The molecule has 0 spiro atoms. The molecule has 0 aromatic heterocycles. The summed E-state index contributed by atoms with van der Waals surface area (Å²) in [6.07, 6.45) is -0.634. The molecule has 1 aromatic carbocycles. The van der Waals surface area contributed by atoms with Crippen molar-refractivity contribution in [3.63, 3.8) is 0 Å². The maximum atomic E-state index is 11.8. The molecule has 0 N–H and O–H groups in total. The molecule has 124 valence electrons. The van der Waals surface area contributed by atoms with Gasteiger partial charge in [-0.3, -0.25) is 14.4 Å². The van der Waals surface area contributed by atoms with E-state index in [1.54, 1.807) is 12.1 Å². The van der Waals surface area contributed by atoms with Crippen molar-refractivity contribution >= 4 is 23.7 Å². The number of hydrogen-bond acceptors (Lipinski definition) is 8. The van der Waals surface area contributed by atoms with Crippen molar-refractivity contribution in [2.75, 3.05) is 20.7 Å². The van der Waals surface area contributed by atoms with E-state index in [0.29, 0.717) is 0 Å². The van der Waals surface area contributed by atoms with Crippen LogP contribution in [0.5, 0.6) is 0 Å². The van der Waals surface area contributed by atoms with Crippen LogP contribution in [0.3, 0.4) is 0 Å². The Morgan fingerprint density at radius 1 is 0.870 bits per heavy atom. The molecule has 0 saturated carbocycles. The molecule has 0 aliphatic rings. The number of ether oxygens (including phenoxy) is 4. The van der Waals surface area contributed by atoms with Crippen LogP contribution in [0.15, 0.2) is 24.3 Å². The summed E-state index contributed by atoms with van der Waals surface area (Å²) >= 11 is 0. The van der Waals surface area contributed by atoms with E-state index >= 15 is 0 Å². The lowest BCUT2D eigenvalue weighted by molar-refractivity contribution is -0.164. The van der Waals surface area contributed by atoms with Crippen molar-refractivity contribution in [3.8, 4) is 0 Å². The molecule has 0 unspecified atom stereocenters. The fourth-order valence-corrected chi connectivity index (χ4v) is 1.54. The second-order valence-corrected chi connectivity index (χ2v) is 4.27.